The number of ether oxygens (including phenoxy) is 1. The van der Waals surface area contributed by atoms with Crippen molar-refractivity contribution in [2.75, 3.05) is 13.7 Å². The van der Waals surface area contributed by atoms with Crippen LogP contribution in [-0.2, 0) is 4.74 Å². The summed E-state index contributed by atoms with van der Waals surface area (Å²) < 4.78 is 5.15. The lowest BCUT2D eigenvalue weighted by molar-refractivity contribution is 0.134. The molecule has 0 aromatic carbocycles. The molecule has 1 saturated carbocycles. The van der Waals surface area contributed by atoms with Crippen LogP contribution in [-0.4, -0.2) is 19.8 Å². The van der Waals surface area contributed by atoms with Crippen molar-refractivity contribution >= 4 is 0 Å². The highest BCUT2D eigenvalue weighted by Crippen LogP contribution is 2.25. The third kappa shape index (κ3) is 3.63. The van der Waals surface area contributed by atoms with E-state index in [2.05, 4.69) is 5.43 Å². The summed E-state index contributed by atoms with van der Waals surface area (Å²) in [5.74, 6) is 6.23. The van der Waals surface area contributed by atoms with Gasteiger partial charge in [-0.05, 0) is 18.8 Å². The summed E-state index contributed by atoms with van der Waals surface area (Å²) in [6, 6.07) is 0.350. The fraction of sp³-hybridized carbons (Fsp3) is 1.00. The minimum absolute atomic E-state index is 0.350. The lowest BCUT2D eigenvalue weighted by Gasteiger charge is -2.24. The van der Waals surface area contributed by atoms with Gasteiger partial charge in [-0.1, -0.05) is 25.7 Å². The molecule has 13 heavy (non-hydrogen) atoms. The number of methoxy groups -OCH3 is 1. The molecule has 0 radical (unpaired) electrons. The number of nitrogens with one attached hydrogen (secondary N) is 1. The largest absolute Gasteiger partial charge is 0.383 e. The van der Waals surface area contributed by atoms with Crippen LogP contribution in [0.3, 0.4) is 0 Å². The molecule has 1 aliphatic carbocycles. The molecule has 3 N–H and O–H groups in total. The first-order chi connectivity index (χ1) is 6.38. The van der Waals surface area contributed by atoms with Crippen LogP contribution in [0.1, 0.15) is 38.5 Å². The quantitative estimate of drug-likeness (QED) is 0.397. The standard InChI is InChI=1S/C10H22N2O/c1-13-8-10(12-11)9-6-4-2-3-5-7-9/h9-10,12H,2-8,11H2,1H3. The van der Waals surface area contributed by atoms with Gasteiger partial charge in [-0.25, -0.2) is 0 Å². The molecule has 1 atom stereocenters. The van der Waals surface area contributed by atoms with Crippen LogP contribution < -0.4 is 11.3 Å². The molecule has 0 amide bonds. The summed E-state index contributed by atoms with van der Waals surface area (Å²) in [4.78, 5) is 0. The summed E-state index contributed by atoms with van der Waals surface area (Å²) >= 11 is 0. The average molecular weight is 186 g/mol. The number of nitrogens with two attached hydrogens (primary N) is 1. The molecular formula is C10H22N2O. The lowest BCUT2D eigenvalue weighted by Crippen LogP contribution is -2.43. The molecule has 0 heterocycles. The Bertz CT molecular complexity index is 122. The smallest absolute Gasteiger partial charge is 0.0632 e. The highest BCUT2D eigenvalue weighted by atomic mass is 16.5. The molecule has 3 heteroatoms. The van der Waals surface area contributed by atoms with Crippen molar-refractivity contribution in [2.45, 2.75) is 44.6 Å². The fourth-order valence-electron chi connectivity index (χ4n) is 2.21. The number of hydrogen-bond acceptors (Lipinski definition) is 3. The van der Waals surface area contributed by atoms with E-state index in [0.29, 0.717) is 12.0 Å². The van der Waals surface area contributed by atoms with Crippen LogP contribution in [0.4, 0.5) is 0 Å². The zero-order chi connectivity index (χ0) is 9.52. The summed E-state index contributed by atoms with van der Waals surface area (Å²) in [6.07, 6.45) is 8.09. The Balaban J connectivity index is 2.35. The van der Waals surface area contributed by atoms with Crippen molar-refractivity contribution in [3.05, 3.63) is 0 Å². The van der Waals surface area contributed by atoms with Gasteiger partial charge in [0, 0.05) is 13.2 Å². The SMILES string of the molecule is COCC(NN)C1CCCCCC1. The van der Waals surface area contributed by atoms with E-state index in [4.69, 9.17) is 10.6 Å². The first-order valence-electron chi connectivity index (χ1n) is 5.33. The molecule has 0 bridgehead atoms. The Morgan fingerprint density at radius 1 is 1.31 bits per heavy atom. The van der Waals surface area contributed by atoms with Gasteiger partial charge in [0.2, 0.25) is 0 Å². The Labute approximate surface area is 81.0 Å². The van der Waals surface area contributed by atoms with Crippen molar-refractivity contribution in [1.82, 2.24) is 5.43 Å². The molecule has 0 aromatic rings. The Morgan fingerprint density at radius 3 is 2.38 bits per heavy atom. The van der Waals surface area contributed by atoms with E-state index in [9.17, 15) is 0 Å². The summed E-state index contributed by atoms with van der Waals surface area (Å²) in [5.41, 5.74) is 2.88. The van der Waals surface area contributed by atoms with E-state index in [1.807, 2.05) is 0 Å². The van der Waals surface area contributed by atoms with Crippen LogP contribution >= 0.6 is 0 Å². The van der Waals surface area contributed by atoms with Crippen molar-refractivity contribution in [2.24, 2.45) is 11.8 Å². The first-order valence-corrected chi connectivity index (χ1v) is 5.33. The second-order valence-corrected chi connectivity index (χ2v) is 3.98. The van der Waals surface area contributed by atoms with E-state index in [1.165, 1.54) is 38.5 Å². The maximum absolute atomic E-state index is 5.51. The lowest BCUT2D eigenvalue weighted by atomic mass is 9.93. The predicted octanol–water partition coefficient (Wildman–Crippen LogP) is 1.44. The van der Waals surface area contributed by atoms with E-state index in [-0.39, 0.29) is 0 Å². The van der Waals surface area contributed by atoms with Gasteiger partial charge in [0.15, 0.2) is 0 Å². The van der Waals surface area contributed by atoms with Gasteiger partial charge < -0.3 is 4.74 Å². The van der Waals surface area contributed by atoms with E-state index in [1.54, 1.807) is 7.11 Å². The van der Waals surface area contributed by atoms with Gasteiger partial charge >= 0.3 is 0 Å². The second kappa shape index (κ2) is 6.35. The summed E-state index contributed by atoms with van der Waals surface area (Å²) in [5, 5.41) is 0. The molecule has 78 valence electrons. The van der Waals surface area contributed by atoms with E-state index in [0.717, 1.165) is 6.61 Å². The maximum atomic E-state index is 5.51. The monoisotopic (exact) mass is 186 g/mol. The maximum Gasteiger partial charge on any atom is 0.0632 e. The molecule has 1 rings (SSSR count). The van der Waals surface area contributed by atoms with E-state index < -0.39 is 0 Å². The molecule has 1 unspecified atom stereocenters. The highest BCUT2D eigenvalue weighted by Gasteiger charge is 2.21. The second-order valence-electron chi connectivity index (χ2n) is 3.98. The number of hydrogen-bond donors (Lipinski definition) is 2. The molecule has 1 aliphatic rings. The minimum Gasteiger partial charge on any atom is -0.383 e. The number of rotatable bonds is 4. The Hall–Kier alpha value is -0.120. The van der Waals surface area contributed by atoms with Crippen molar-refractivity contribution < 1.29 is 4.74 Å². The minimum atomic E-state index is 0.350. The van der Waals surface area contributed by atoms with Gasteiger partial charge in [-0.15, -0.1) is 0 Å². The normalized spacial score (nSPS) is 22.6. The van der Waals surface area contributed by atoms with Gasteiger partial charge in [-0.3, -0.25) is 11.3 Å². The molecule has 0 saturated heterocycles. The van der Waals surface area contributed by atoms with Crippen molar-refractivity contribution in [3.8, 4) is 0 Å². The zero-order valence-electron chi connectivity index (χ0n) is 8.59. The molecule has 0 aliphatic heterocycles. The first kappa shape index (κ1) is 11.0. The summed E-state index contributed by atoms with van der Waals surface area (Å²) in [6.45, 7) is 0.737. The topological polar surface area (TPSA) is 47.3 Å². The van der Waals surface area contributed by atoms with Gasteiger partial charge in [0.1, 0.15) is 0 Å². The third-order valence-corrected chi connectivity index (χ3v) is 3.03. The Kier molecular flexibility index (Phi) is 5.35. The van der Waals surface area contributed by atoms with Gasteiger partial charge in [-0.2, -0.15) is 0 Å². The van der Waals surface area contributed by atoms with Gasteiger partial charge in [0.05, 0.1) is 6.61 Å². The zero-order valence-corrected chi connectivity index (χ0v) is 8.59. The van der Waals surface area contributed by atoms with Crippen LogP contribution in [0.25, 0.3) is 0 Å². The molecule has 1 fully saturated rings. The number of hydrazine groups is 1. The molecular weight excluding hydrogens is 164 g/mol. The molecule has 0 spiro atoms. The van der Waals surface area contributed by atoms with Gasteiger partial charge in [0.25, 0.3) is 0 Å². The fourth-order valence-corrected chi connectivity index (χ4v) is 2.21. The molecule has 0 aromatic heterocycles. The Morgan fingerprint density at radius 2 is 1.92 bits per heavy atom. The van der Waals surface area contributed by atoms with Crippen LogP contribution in [0.15, 0.2) is 0 Å². The van der Waals surface area contributed by atoms with Crippen LogP contribution in [0, 0.1) is 5.92 Å². The summed E-state index contributed by atoms with van der Waals surface area (Å²) in [7, 11) is 1.74. The average Bonchev–Trinajstić information content (AvgIpc) is 2.42. The van der Waals surface area contributed by atoms with Crippen LogP contribution in [0.2, 0.25) is 0 Å². The predicted molar refractivity (Wildman–Crippen MR) is 54.2 cm³/mol. The highest BCUT2D eigenvalue weighted by molar-refractivity contribution is 4.76. The van der Waals surface area contributed by atoms with Crippen molar-refractivity contribution in [3.63, 3.8) is 0 Å². The van der Waals surface area contributed by atoms with Crippen LogP contribution in [0.5, 0.6) is 0 Å². The van der Waals surface area contributed by atoms with Crippen molar-refractivity contribution in [1.29, 1.82) is 0 Å². The molecule has 3 nitrogen and oxygen atoms in total. The van der Waals surface area contributed by atoms with E-state index >= 15 is 0 Å². The third-order valence-electron chi connectivity index (χ3n) is 3.03.